The highest BCUT2D eigenvalue weighted by atomic mass is 16.5. The van der Waals surface area contributed by atoms with Crippen molar-refractivity contribution in [3.63, 3.8) is 0 Å². The molecule has 0 aromatic carbocycles. The Kier molecular flexibility index (Phi) is 5.32. The summed E-state index contributed by atoms with van der Waals surface area (Å²) in [6.45, 7) is 1.89. The van der Waals surface area contributed by atoms with Crippen molar-refractivity contribution < 1.29 is 14.6 Å². The molecule has 7 heteroatoms. The zero-order valence-electron chi connectivity index (χ0n) is 16.8. The van der Waals surface area contributed by atoms with Gasteiger partial charge in [-0.1, -0.05) is 0 Å². The quantitative estimate of drug-likeness (QED) is 0.823. The minimum absolute atomic E-state index is 0.0717. The van der Waals surface area contributed by atoms with E-state index in [1.165, 1.54) is 0 Å². The zero-order valence-corrected chi connectivity index (χ0v) is 16.8. The monoisotopic (exact) mass is 394 g/mol. The first-order valence-electron chi connectivity index (χ1n) is 10.0. The van der Waals surface area contributed by atoms with Crippen LogP contribution >= 0.6 is 0 Å². The Morgan fingerprint density at radius 3 is 2.69 bits per heavy atom. The highest BCUT2D eigenvalue weighted by molar-refractivity contribution is 6.25. The number of nitrogen functional groups attached to an aromatic ring is 1. The number of rotatable bonds is 3. The number of Topliss-reactive ketones (excluding diaryl/α,β-unsaturated/α-hetero) is 1. The second-order valence-electron chi connectivity index (χ2n) is 7.91. The van der Waals surface area contributed by atoms with Crippen LogP contribution in [0.1, 0.15) is 60.5 Å². The number of methoxy groups -OCH3 is 1. The molecule has 0 spiro atoms. The van der Waals surface area contributed by atoms with Crippen LogP contribution in [-0.2, 0) is 4.79 Å². The van der Waals surface area contributed by atoms with Crippen molar-refractivity contribution in [3.05, 3.63) is 40.8 Å². The maximum Gasteiger partial charge on any atom is 0.220 e. The number of aromatic nitrogens is 3. The van der Waals surface area contributed by atoms with E-state index in [-0.39, 0.29) is 23.8 Å². The van der Waals surface area contributed by atoms with Crippen LogP contribution in [0.5, 0.6) is 5.88 Å². The number of fused-ring (bicyclic) bond motifs is 1. The Morgan fingerprint density at radius 1 is 1.21 bits per heavy atom. The van der Waals surface area contributed by atoms with Crippen LogP contribution in [0.2, 0.25) is 0 Å². The van der Waals surface area contributed by atoms with Gasteiger partial charge in [-0.3, -0.25) is 4.79 Å². The van der Waals surface area contributed by atoms with Crippen LogP contribution in [0.3, 0.4) is 0 Å². The van der Waals surface area contributed by atoms with E-state index in [2.05, 4.69) is 15.0 Å². The molecule has 0 radical (unpaired) electrons. The Hall–Kier alpha value is -2.80. The summed E-state index contributed by atoms with van der Waals surface area (Å²) in [6, 6.07) is 3.59. The third-order valence-electron chi connectivity index (χ3n) is 6.08. The lowest BCUT2D eigenvalue weighted by Crippen LogP contribution is -2.20. The zero-order chi connectivity index (χ0) is 20.5. The largest absolute Gasteiger partial charge is 0.481 e. The number of aliphatic hydroxyl groups is 1. The van der Waals surface area contributed by atoms with Gasteiger partial charge in [-0.05, 0) is 50.7 Å². The normalized spacial score (nSPS) is 26.2. The average Bonchev–Trinajstić information content (AvgIpc) is 3.12. The van der Waals surface area contributed by atoms with E-state index in [0.717, 1.165) is 41.8 Å². The van der Waals surface area contributed by atoms with Gasteiger partial charge in [0.15, 0.2) is 5.78 Å². The number of aryl methyl sites for hydroxylation is 1. The molecule has 0 saturated heterocycles. The van der Waals surface area contributed by atoms with Gasteiger partial charge in [0, 0.05) is 41.3 Å². The first kappa shape index (κ1) is 19.5. The van der Waals surface area contributed by atoms with Gasteiger partial charge >= 0.3 is 0 Å². The predicted octanol–water partition coefficient (Wildman–Crippen LogP) is 2.92. The van der Waals surface area contributed by atoms with Crippen LogP contribution in [0.4, 0.5) is 5.95 Å². The number of nitrogens with zero attached hydrogens (tertiary/aromatic N) is 3. The number of carbonyl (C=O) groups is 1. The van der Waals surface area contributed by atoms with Crippen LogP contribution < -0.4 is 10.5 Å². The Balaban J connectivity index is 1.83. The van der Waals surface area contributed by atoms with E-state index in [0.29, 0.717) is 30.2 Å². The van der Waals surface area contributed by atoms with Crippen molar-refractivity contribution in [3.8, 4) is 5.88 Å². The van der Waals surface area contributed by atoms with Crippen LogP contribution in [0.15, 0.2) is 18.3 Å². The van der Waals surface area contributed by atoms with Gasteiger partial charge in [0.2, 0.25) is 11.8 Å². The molecule has 1 fully saturated rings. The number of hydrogen-bond donors (Lipinski definition) is 2. The van der Waals surface area contributed by atoms with E-state index < -0.39 is 0 Å². The molecule has 0 aliphatic heterocycles. The number of carbonyl (C=O) groups excluding carboxylic acids is 1. The predicted molar refractivity (Wildman–Crippen MR) is 110 cm³/mol. The smallest absolute Gasteiger partial charge is 0.220 e. The van der Waals surface area contributed by atoms with Crippen molar-refractivity contribution in [2.24, 2.45) is 5.92 Å². The summed E-state index contributed by atoms with van der Waals surface area (Å²) in [4.78, 5) is 26.3. The fourth-order valence-corrected chi connectivity index (χ4v) is 4.59. The third kappa shape index (κ3) is 3.87. The second kappa shape index (κ2) is 7.91. The Labute approximate surface area is 170 Å². The van der Waals surface area contributed by atoms with Crippen LogP contribution in [0.25, 0.3) is 11.6 Å². The van der Waals surface area contributed by atoms with Crippen molar-refractivity contribution in [2.75, 3.05) is 12.8 Å². The van der Waals surface area contributed by atoms with Crippen LogP contribution in [0, 0.1) is 12.8 Å². The van der Waals surface area contributed by atoms with Crippen molar-refractivity contribution >= 4 is 23.4 Å². The number of ketones is 1. The lowest BCUT2D eigenvalue weighted by atomic mass is 9.79. The Bertz CT molecular complexity index is 955. The lowest BCUT2D eigenvalue weighted by Gasteiger charge is -2.27. The molecule has 7 nitrogen and oxygen atoms in total. The first-order chi connectivity index (χ1) is 14.0. The molecule has 0 amide bonds. The fourth-order valence-electron chi connectivity index (χ4n) is 4.59. The maximum atomic E-state index is 13.1. The molecule has 3 N–H and O–H groups in total. The minimum atomic E-state index is -0.277. The first-order valence-corrected chi connectivity index (χ1v) is 10.0. The molecular formula is C22H26N4O3. The number of ether oxygens (including phenoxy) is 1. The van der Waals surface area contributed by atoms with Gasteiger partial charge in [0.1, 0.15) is 0 Å². The molecule has 1 saturated carbocycles. The molecule has 2 heterocycles. The molecule has 2 aliphatic carbocycles. The number of hydrogen-bond acceptors (Lipinski definition) is 7. The molecular weight excluding hydrogens is 368 g/mol. The van der Waals surface area contributed by atoms with Gasteiger partial charge in [-0.15, -0.1) is 0 Å². The molecule has 0 bridgehead atoms. The van der Waals surface area contributed by atoms with Crippen molar-refractivity contribution in [1.82, 2.24) is 15.0 Å². The third-order valence-corrected chi connectivity index (χ3v) is 6.08. The molecule has 152 valence electrons. The summed E-state index contributed by atoms with van der Waals surface area (Å²) in [5.41, 5.74) is 9.82. The van der Waals surface area contributed by atoms with E-state index in [1.807, 2.05) is 19.1 Å². The minimum Gasteiger partial charge on any atom is -0.481 e. The molecule has 2 aromatic rings. The van der Waals surface area contributed by atoms with E-state index in [9.17, 15) is 9.90 Å². The van der Waals surface area contributed by atoms with Crippen molar-refractivity contribution in [2.45, 2.75) is 51.0 Å². The number of nitrogens with two attached hydrogens (primary N) is 1. The number of allylic oxidation sites excluding steroid dienone is 1. The number of anilines is 1. The summed E-state index contributed by atoms with van der Waals surface area (Å²) in [7, 11) is 1.56. The molecule has 2 aromatic heterocycles. The summed E-state index contributed by atoms with van der Waals surface area (Å²) < 4.78 is 5.13. The number of pyridine rings is 1. The fraction of sp³-hybridized carbons (Fsp3) is 0.455. The molecule has 3 atom stereocenters. The van der Waals surface area contributed by atoms with Gasteiger partial charge in [-0.25, -0.2) is 15.0 Å². The number of aliphatic hydroxyl groups excluding tert-OH is 1. The van der Waals surface area contributed by atoms with E-state index >= 15 is 0 Å². The highest BCUT2D eigenvalue weighted by Crippen LogP contribution is 2.43. The van der Waals surface area contributed by atoms with Crippen molar-refractivity contribution in [1.29, 1.82) is 0 Å². The van der Waals surface area contributed by atoms with Gasteiger partial charge in [0.05, 0.1) is 24.6 Å². The molecule has 29 heavy (non-hydrogen) atoms. The van der Waals surface area contributed by atoms with Gasteiger partial charge < -0.3 is 15.6 Å². The van der Waals surface area contributed by atoms with Gasteiger partial charge in [-0.2, -0.15) is 0 Å². The standard InChI is InChI=1S/C22H26N4O3/c1-12-17-10-18(14-4-8-20(29-2)24-11-14)19(28)7-6-16(13-3-5-15(27)9-13)21(17)26-22(23)25-12/h4,8,10-11,13,15-16,27H,3,5-7,9H2,1-2H3,(H2,23,25,26)/b18-10-/t13?,15-,16+/m0/s1. The summed E-state index contributed by atoms with van der Waals surface area (Å²) >= 11 is 0. The maximum absolute atomic E-state index is 13.1. The SMILES string of the molecule is COc1ccc(/C2=C/c3c(C)nc(N)nc3[C@@H](C3CC[C@H](O)C3)CCC2=O)cn1. The average molecular weight is 394 g/mol. The summed E-state index contributed by atoms with van der Waals surface area (Å²) in [6.07, 6.45) is 6.82. The van der Waals surface area contributed by atoms with E-state index in [1.54, 1.807) is 19.4 Å². The Morgan fingerprint density at radius 2 is 2.03 bits per heavy atom. The second-order valence-corrected chi connectivity index (χ2v) is 7.91. The van der Waals surface area contributed by atoms with Crippen LogP contribution in [-0.4, -0.2) is 39.1 Å². The summed E-state index contributed by atoms with van der Waals surface area (Å²) in [5, 5.41) is 10.0. The molecule has 4 rings (SSSR count). The highest BCUT2D eigenvalue weighted by Gasteiger charge is 2.35. The lowest BCUT2D eigenvalue weighted by molar-refractivity contribution is -0.113. The molecule has 2 aliphatic rings. The van der Waals surface area contributed by atoms with E-state index in [4.69, 9.17) is 10.5 Å². The summed E-state index contributed by atoms with van der Waals surface area (Å²) in [5.74, 6) is 1.20. The molecule has 1 unspecified atom stereocenters. The topological polar surface area (TPSA) is 111 Å². The van der Waals surface area contributed by atoms with Gasteiger partial charge in [0.25, 0.3) is 0 Å².